The molecule has 3 fully saturated rings. The number of thioether (sulfide) groups is 1. The lowest BCUT2D eigenvalue weighted by molar-refractivity contribution is -0.129. The Labute approximate surface area is 195 Å². The van der Waals surface area contributed by atoms with E-state index in [1.54, 1.807) is 0 Å². The lowest BCUT2D eigenvalue weighted by atomic mass is 9.94. The summed E-state index contributed by atoms with van der Waals surface area (Å²) in [6, 6.07) is 8.24. The molecule has 1 aromatic carbocycles. The van der Waals surface area contributed by atoms with Crippen molar-refractivity contribution in [1.82, 2.24) is 15.1 Å². The molecule has 1 aromatic rings. The molecule has 0 spiro atoms. The topological polar surface area (TPSA) is 69.7 Å². The first-order valence-electron chi connectivity index (χ1n) is 12.1. The Morgan fingerprint density at radius 1 is 1.03 bits per heavy atom. The van der Waals surface area contributed by atoms with Gasteiger partial charge in [-0.3, -0.25) is 14.4 Å². The van der Waals surface area contributed by atoms with Crippen molar-refractivity contribution in [2.45, 2.75) is 74.8 Å². The fourth-order valence-corrected chi connectivity index (χ4v) is 5.74. The van der Waals surface area contributed by atoms with Gasteiger partial charge in [-0.25, -0.2) is 0 Å². The molecule has 1 saturated heterocycles. The summed E-state index contributed by atoms with van der Waals surface area (Å²) in [5.41, 5.74) is 0.633. The number of hydrogen-bond acceptors (Lipinski definition) is 4. The summed E-state index contributed by atoms with van der Waals surface area (Å²) < 4.78 is 0. The SMILES string of the molecule is CN(C(=O)CSc1ccccc1C(=O)N1CCCC(C(=O)NC2CC2)C1)C1CCCCC1. The summed E-state index contributed by atoms with van der Waals surface area (Å²) in [5, 5.41) is 3.08. The van der Waals surface area contributed by atoms with Gasteiger partial charge in [0.15, 0.2) is 0 Å². The molecule has 3 aliphatic rings. The summed E-state index contributed by atoms with van der Waals surface area (Å²) in [4.78, 5) is 43.2. The summed E-state index contributed by atoms with van der Waals surface area (Å²) in [6.45, 7) is 1.15. The Bertz CT molecular complexity index is 835. The second-order valence-corrected chi connectivity index (χ2v) is 10.5. The summed E-state index contributed by atoms with van der Waals surface area (Å²) in [5.74, 6) is 0.385. The van der Waals surface area contributed by atoms with E-state index in [2.05, 4.69) is 5.32 Å². The maximum Gasteiger partial charge on any atom is 0.255 e. The minimum Gasteiger partial charge on any atom is -0.353 e. The van der Waals surface area contributed by atoms with Gasteiger partial charge in [0.2, 0.25) is 11.8 Å². The average Bonchev–Trinajstić information content (AvgIpc) is 3.66. The third-order valence-electron chi connectivity index (χ3n) is 6.99. The quantitative estimate of drug-likeness (QED) is 0.634. The maximum atomic E-state index is 13.3. The molecule has 1 atom stereocenters. The zero-order valence-corrected chi connectivity index (χ0v) is 19.9. The highest BCUT2D eigenvalue weighted by Crippen LogP contribution is 2.28. The fraction of sp³-hybridized carbons (Fsp3) is 0.640. The van der Waals surface area contributed by atoms with Gasteiger partial charge in [0, 0.05) is 37.1 Å². The van der Waals surface area contributed by atoms with Crippen molar-refractivity contribution in [3.63, 3.8) is 0 Å². The second kappa shape index (κ2) is 10.7. The predicted molar refractivity (Wildman–Crippen MR) is 127 cm³/mol. The molecular formula is C25H35N3O3S. The first-order chi connectivity index (χ1) is 15.5. The molecule has 0 aromatic heterocycles. The van der Waals surface area contributed by atoms with Gasteiger partial charge in [-0.15, -0.1) is 11.8 Å². The highest BCUT2D eigenvalue weighted by Gasteiger charge is 2.32. The molecule has 1 unspecified atom stereocenters. The van der Waals surface area contributed by atoms with E-state index in [1.165, 1.54) is 31.0 Å². The van der Waals surface area contributed by atoms with Crippen molar-refractivity contribution >= 4 is 29.5 Å². The third kappa shape index (κ3) is 5.85. The normalized spacial score (nSPS) is 21.8. The highest BCUT2D eigenvalue weighted by molar-refractivity contribution is 8.00. The molecule has 174 valence electrons. The number of likely N-dealkylation sites (tertiary alicyclic amines) is 1. The minimum absolute atomic E-state index is 0.0369. The maximum absolute atomic E-state index is 13.3. The van der Waals surface area contributed by atoms with Crippen molar-refractivity contribution in [3.8, 4) is 0 Å². The number of piperidine rings is 1. The van der Waals surface area contributed by atoms with E-state index in [0.29, 0.717) is 36.5 Å². The summed E-state index contributed by atoms with van der Waals surface area (Å²) >= 11 is 1.45. The van der Waals surface area contributed by atoms with Gasteiger partial charge >= 0.3 is 0 Å². The van der Waals surface area contributed by atoms with E-state index in [4.69, 9.17) is 0 Å². The molecule has 2 aliphatic carbocycles. The van der Waals surface area contributed by atoms with Crippen LogP contribution in [0.15, 0.2) is 29.2 Å². The minimum atomic E-state index is -0.126. The van der Waals surface area contributed by atoms with Crippen LogP contribution < -0.4 is 5.32 Å². The van der Waals surface area contributed by atoms with E-state index in [1.807, 2.05) is 41.1 Å². The van der Waals surface area contributed by atoms with E-state index in [9.17, 15) is 14.4 Å². The smallest absolute Gasteiger partial charge is 0.255 e. The van der Waals surface area contributed by atoms with Crippen LogP contribution in [0.25, 0.3) is 0 Å². The standard InChI is InChI=1S/C25H35N3O3S/c1-27(20-9-3-2-4-10-20)23(29)17-32-22-12-6-5-11-21(22)25(31)28-15-7-8-18(16-28)24(30)26-19-13-14-19/h5-6,11-12,18-20H,2-4,7-10,13-17H2,1H3,(H,26,30). The van der Waals surface area contributed by atoms with E-state index >= 15 is 0 Å². The fourth-order valence-electron chi connectivity index (χ4n) is 4.78. The Kier molecular flexibility index (Phi) is 7.76. The molecule has 0 bridgehead atoms. The average molecular weight is 458 g/mol. The molecule has 32 heavy (non-hydrogen) atoms. The van der Waals surface area contributed by atoms with E-state index in [-0.39, 0.29) is 23.6 Å². The molecule has 0 radical (unpaired) electrons. The lowest BCUT2D eigenvalue weighted by Crippen LogP contribution is -2.46. The van der Waals surface area contributed by atoms with E-state index in [0.717, 1.165) is 43.4 Å². The number of hydrogen-bond donors (Lipinski definition) is 1. The predicted octanol–water partition coefficient (Wildman–Crippen LogP) is 3.70. The van der Waals surface area contributed by atoms with Gasteiger partial charge in [-0.05, 0) is 50.7 Å². The Morgan fingerprint density at radius 2 is 1.78 bits per heavy atom. The summed E-state index contributed by atoms with van der Waals surface area (Å²) in [7, 11) is 1.91. The third-order valence-corrected chi connectivity index (χ3v) is 8.05. The lowest BCUT2D eigenvalue weighted by Gasteiger charge is -2.32. The van der Waals surface area contributed by atoms with Crippen molar-refractivity contribution in [2.75, 3.05) is 25.9 Å². The number of carbonyl (C=O) groups is 3. The Balaban J connectivity index is 1.36. The van der Waals surface area contributed by atoms with Crippen LogP contribution in [0.5, 0.6) is 0 Å². The van der Waals surface area contributed by atoms with Crippen molar-refractivity contribution in [3.05, 3.63) is 29.8 Å². The van der Waals surface area contributed by atoms with Crippen molar-refractivity contribution in [1.29, 1.82) is 0 Å². The van der Waals surface area contributed by atoms with Crippen LogP contribution in [0.4, 0.5) is 0 Å². The number of rotatable bonds is 7. The van der Waals surface area contributed by atoms with Crippen LogP contribution in [-0.4, -0.2) is 65.5 Å². The second-order valence-electron chi connectivity index (χ2n) is 9.45. The van der Waals surface area contributed by atoms with Gasteiger partial charge in [-0.1, -0.05) is 31.4 Å². The zero-order valence-electron chi connectivity index (χ0n) is 19.1. The molecule has 1 heterocycles. The molecular weight excluding hydrogens is 422 g/mol. The molecule has 1 N–H and O–H groups in total. The number of amides is 3. The van der Waals surface area contributed by atoms with Gasteiger partial charge in [0.05, 0.1) is 17.2 Å². The van der Waals surface area contributed by atoms with Crippen molar-refractivity contribution < 1.29 is 14.4 Å². The molecule has 7 heteroatoms. The van der Waals surface area contributed by atoms with Gasteiger partial charge in [0.1, 0.15) is 0 Å². The first kappa shape index (κ1) is 23.1. The monoisotopic (exact) mass is 457 g/mol. The highest BCUT2D eigenvalue weighted by atomic mass is 32.2. The van der Waals surface area contributed by atoms with Crippen LogP contribution in [0.2, 0.25) is 0 Å². The molecule has 1 aliphatic heterocycles. The molecule has 3 amide bonds. The molecule has 4 rings (SSSR count). The van der Waals surface area contributed by atoms with Crippen molar-refractivity contribution in [2.24, 2.45) is 5.92 Å². The number of benzene rings is 1. The first-order valence-corrected chi connectivity index (χ1v) is 13.1. The largest absolute Gasteiger partial charge is 0.353 e. The molecule has 6 nitrogen and oxygen atoms in total. The Morgan fingerprint density at radius 3 is 2.53 bits per heavy atom. The van der Waals surface area contributed by atoms with Gasteiger partial charge < -0.3 is 15.1 Å². The van der Waals surface area contributed by atoms with Crippen LogP contribution in [-0.2, 0) is 9.59 Å². The van der Waals surface area contributed by atoms with E-state index < -0.39 is 0 Å². The van der Waals surface area contributed by atoms with Gasteiger partial charge in [0.25, 0.3) is 5.91 Å². The molecule has 2 saturated carbocycles. The van der Waals surface area contributed by atoms with Crippen LogP contribution in [0.3, 0.4) is 0 Å². The Hall–Kier alpha value is -2.02. The zero-order chi connectivity index (χ0) is 22.5. The summed E-state index contributed by atoms with van der Waals surface area (Å²) in [6.07, 6.45) is 9.65. The number of carbonyl (C=O) groups excluding carboxylic acids is 3. The van der Waals surface area contributed by atoms with Crippen LogP contribution >= 0.6 is 11.8 Å². The number of nitrogens with zero attached hydrogens (tertiary/aromatic N) is 2. The van der Waals surface area contributed by atoms with Gasteiger partial charge in [-0.2, -0.15) is 0 Å². The van der Waals surface area contributed by atoms with Crippen LogP contribution in [0.1, 0.15) is 68.1 Å². The number of nitrogens with one attached hydrogen (secondary N) is 1. The van der Waals surface area contributed by atoms with Crippen LogP contribution in [0, 0.1) is 5.92 Å².